The smallest absolute Gasteiger partial charge is 0.272 e. The zero-order valence-corrected chi connectivity index (χ0v) is 20.2. The molecular weight excluding hydrogens is 425 g/mol. The largest absolute Gasteiger partial charge is 0.496 e. The van der Waals surface area contributed by atoms with E-state index in [0.29, 0.717) is 28.9 Å². The Hall–Kier alpha value is -1.62. The average Bonchev–Trinajstić information content (AvgIpc) is 3.11. The van der Waals surface area contributed by atoms with Gasteiger partial charge in [0.15, 0.2) is 17.4 Å². The third kappa shape index (κ3) is 5.75. The van der Waals surface area contributed by atoms with Gasteiger partial charge in [0.25, 0.3) is 6.43 Å². The fraction of sp³-hybridized carbons (Fsp3) is 0.421. The fourth-order valence-corrected chi connectivity index (χ4v) is 3.97. The quantitative estimate of drug-likeness (QED) is 0.507. The van der Waals surface area contributed by atoms with Gasteiger partial charge < -0.3 is 14.5 Å². The number of imidazole rings is 1. The molecule has 0 saturated carbocycles. The zero-order chi connectivity index (χ0) is 21.0. The minimum atomic E-state index is -2.59. The van der Waals surface area contributed by atoms with Crippen molar-refractivity contribution in [2.45, 2.75) is 44.0 Å². The molecule has 1 radical (unpaired) electrons. The van der Waals surface area contributed by atoms with Crippen LogP contribution < -0.4 is 9.47 Å². The van der Waals surface area contributed by atoms with Crippen LogP contribution in [-0.4, -0.2) is 73.8 Å². The molecule has 0 amide bonds. The summed E-state index contributed by atoms with van der Waals surface area (Å²) in [7, 11) is 0.0639. The van der Waals surface area contributed by atoms with Crippen molar-refractivity contribution in [2.75, 3.05) is 13.7 Å². The first-order valence-electron chi connectivity index (χ1n) is 9.10. The number of pyridine rings is 2. The first kappa shape index (κ1) is 24.6. The van der Waals surface area contributed by atoms with Crippen molar-refractivity contribution in [3.8, 4) is 11.6 Å². The number of methoxy groups -OCH3 is 1. The predicted molar refractivity (Wildman–Crippen MR) is 111 cm³/mol. The van der Waals surface area contributed by atoms with E-state index >= 15 is 0 Å². The van der Waals surface area contributed by atoms with Gasteiger partial charge in [-0.2, -0.15) is 4.98 Å². The Labute approximate surface area is 197 Å². The molecule has 11 heteroatoms. The summed E-state index contributed by atoms with van der Waals surface area (Å²) in [6, 6.07) is 3.50. The van der Waals surface area contributed by atoms with Crippen LogP contribution in [0.15, 0.2) is 23.5 Å². The van der Waals surface area contributed by atoms with Gasteiger partial charge in [0.2, 0.25) is 5.88 Å². The van der Waals surface area contributed by atoms with Crippen LogP contribution in [0.2, 0.25) is 0 Å². The predicted octanol–water partition coefficient (Wildman–Crippen LogP) is 3.19. The molecule has 0 aromatic carbocycles. The molecule has 1 unspecified atom stereocenters. The monoisotopic (exact) mass is 447 g/mol. The topological polar surface area (TPSA) is 90.0 Å². The van der Waals surface area contributed by atoms with Crippen LogP contribution in [-0.2, 0) is 23.0 Å². The van der Waals surface area contributed by atoms with E-state index in [9.17, 15) is 13.0 Å². The zero-order valence-electron chi connectivity index (χ0n) is 17.4. The molecule has 7 nitrogen and oxygen atoms in total. The summed E-state index contributed by atoms with van der Waals surface area (Å²) >= 11 is 0. The van der Waals surface area contributed by atoms with Crippen LogP contribution in [0.3, 0.4) is 0 Å². The molecule has 0 aliphatic carbocycles. The average molecular weight is 447 g/mol. The molecule has 3 aromatic rings. The second kappa shape index (κ2) is 11.1. The molecule has 0 bridgehead atoms. The molecule has 3 rings (SSSR count). The number of ether oxygens (including phenoxy) is 2. The first-order chi connectivity index (χ1) is 13.9. The summed E-state index contributed by atoms with van der Waals surface area (Å²) in [6.07, 6.45) is 0.419. The van der Waals surface area contributed by atoms with Gasteiger partial charge in [-0.3, -0.25) is 9.19 Å². The molecule has 3 heterocycles. The van der Waals surface area contributed by atoms with E-state index in [0.717, 1.165) is 12.0 Å². The number of aromatic amines is 1. The van der Waals surface area contributed by atoms with Crippen molar-refractivity contribution in [3.05, 3.63) is 35.2 Å². The number of hydrogen-bond acceptors (Lipinski definition) is 6. The molecule has 157 valence electrons. The molecule has 30 heavy (non-hydrogen) atoms. The molecule has 0 aliphatic rings. The maximum absolute atomic E-state index is 12.8. The second-order valence-corrected chi connectivity index (χ2v) is 7.76. The number of rotatable bonds is 9. The summed E-state index contributed by atoms with van der Waals surface area (Å²) < 4.78 is 48.3. The Kier molecular flexibility index (Phi) is 9.14. The van der Waals surface area contributed by atoms with Crippen LogP contribution in [0.5, 0.6) is 11.6 Å². The number of fused-ring (bicyclic) bond motifs is 1. The minimum Gasteiger partial charge on any atom is -0.496 e. The number of nitrogens with one attached hydrogen (secondary N) is 1. The number of halogens is 2. The van der Waals surface area contributed by atoms with Crippen LogP contribution in [0.25, 0.3) is 11.2 Å². The molecule has 3 aromatic heterocycles. The molecule has 0 spiro atoms. The van der Waals surface area contributed by atoms with E-state index in [1.165, 1.54) is 0 Å². The summed E-state index contributed by atoms with van der Waals surface area (Å²) in [4.78, 5) is 15.8. The van der Waals surface area contributed by atoms with Gasteiger partial charge in [-0.1, -0.05) is 13.3 Å². The van der Waals surface area contributed by atoms with Gasteiger partial charge in [0, 0.05) is 46.9 Å². The molecular formula is C19H22F2N4NaO3S. The number of aromatic nitrogens is 4. The normalized spacial score (nSPS) is 12.1. The Morgan fingerprint density at radius 3 is 2.73 bits per heavy atom. The second-order valence-electron chi connectivity index (χ2n) is 6.39. The van der Waals surface area contributed by atoms with Gasteiger partial charge >= 0.3 is 0 Å². The molecule has 0 saturated heterocycles. The summed E-state index contributed by atoms with van der Waals surface area (Å²) in [5.41, 5.74) is 3.01. The van der Waals surface area contributed by atoms with Crippen molar-refractivity contribution < 1.29 is 22.5 Å². The van der Waals surface area contributed by atoms with Gasteiger partial charge in [0.05, 0.1) is 34.9 Å². The standard InChI is InChI=1S/C19H22F2N4O3S.Na/c1-4-5-12-8-13-17(24-18(12)28-9-16(20)21)25-19(23-13)29(26)10-14-11(2)15(27-3)6-7-22-14;/h6-8,16H,4-5,9-10H2,1-3H3,(H,23,24,25);. The molecule has 0 fully saturated rings. The van der Waals surface area contributed by atoms with E-state index in [-0.39, 0.29) is 52.0 Å². The Morgan fingerprint density at radius 1 is 1.30 bits per heavy atom. The third-order valence-corrected chi connectivity index (χ3v) is 5.48. The number of nitrogens with zero attached hydrogens (tertiary/aromatic N) is 3. The number of hydrogen-bond donors (Lipinski definition) is 1. The van der Waals surface area contributed by atoms with Crippen molar-refractivity contribution >= 4 is 51.5 Å². The fourth-order valence-electron chi connectivity index (χ4n) is 2.89. The van der Waals surface area contributed by atoms with Gasteiger partial charge in [-0.05, 0) is 25.5 Å². The summed E-state index contributed by atoms with van der Waals surface area (Å²) in [6.45, 7) is 3.08. The number of aryl methyl sites for hydroxylation is 1. The van der Waals surface area contributed by atoms with Crippen LogP contribution in [0, 0.1) is 6.92 Å². The van der Waals surface area contributed by atoms with Crippen molar-refractivity contribution in [3.63, 3.8) is 0 Å². The third-order valence-electron chi connectivity index (χ3n) is 4.32. The van der Waals surface area contributed by atoms with Crippen LogP contribution in [0.4, 0.5) is 8.78 Å². The van der Waals surface area contributed by atoms with Crippen molar-refractivity contribution in [1.82, 2.24) is 19.9 Å². The summed E-state index contributed by atoms with van der Waals surface area (Å²) in [5.74, 6) is 0.955. The van der Waals surface area contributed by atoms with Crippen molar-refractivity contribution in [1.29, 1.82) is 0 Å². The van der Waals surface area contributed by atoms with E-state index in [1.54, 1.807) is 25.4 Å². The van der Waals surface area contributed by atoms with E-state index in [4.69, 9.17) is 9.47 Å². The van der Waals surface area contributed by atoms with E-state index < -0.39 is 23.8 Å². The number of H-pyrrole nitrogens is 1. The maximum Gasteiger partial charge on any atom is 0.272 e. The molecule has 0 aliphatic heterocycles. The Morgan fingerprint density at radius 2 is 2.07 bits per heavy atom. The summed E-state index contributed by atoms with van der Waals surface area (Å²) in [5, 5.41) is 0.241. The van der Waals surface area contributed by atoms with E-state index in [1.807, 2.05) is 13.8 Å². The maximum atomic E-state index is 12.8. The molecule has 1 N–H and O–H groups in total. The number of alkyl halides is 2. The van der Waals surface area contributed by atoms with Gasteiger partial charge in [0.1, 0.15) is 5.75 Å². The first-order valence-corrected chi connectivity index (χ1v) is 10.4. The van der Waals surface area contributed by atoms with Gasteiger partial charge in [-0.25, -0.2) is 13.8 Å². The Balaban J connectivity index is 0.00000320. The van der Waals surface area contributed by atoms with Crippen LogP contribution >= 0.6 is 0 Å². The van der Waals surface area contributed by atoms with E-state index in [2.05, 4.69) is 19.9 Å². The van der Waals surface area contributed by atoms with Gasteiger partial charge in [-0.15, -0.1) is 0 Å². The molecule has 1 atom stereocenters. The van der Waals surface area contributed by atoms with Crippen LogP contribution in [0.1, 0.15) is 30.2 Å². The minimum absolute atomic E-state index is 0. The van der Waals surface area contributed by atoms with Crippen molar-refractivity contribution in [2.24, 2.45) is 0 Å². The SMILES string of the molecule is CCCc1cc2[nH]c(S(=O)Cc3nccc(OC)c3C)nc2nc1OCC(F)F.[Na]. The Bertz CT molecular complexity index is 1030.